The summed E-state index contributed by atoms with van der Waals surface area (Å²) in [4.78, 5) is 17.6. The van der Waals surface area contributed by atoms with Gasteiger partial charge >= 0.3 is 0 Å². The molecule has 3 aromatic heterocycles. The lowest BCUT2D eigenvalue weighted by molar-refractivity contribution is 0.270. The number of nitrogens with zero attached hydrogens (tertiary/aromatic N) is 6. The number of rotatable bonds is 6. The predicted octanol–water partition coefficient (Wildman–Crippen LogP) is 3.81. The molecule has 0 radical (unpaired) electrons. The first-order chi connectivity index (χ1) is 18.8. The van der Waals surface area contributed by atoms with Crippen molar-refractivity contribution in [3.63, 3.8) is 0 Å². The lowest BCUT2D eigenvalue weighted by atomic mass is 10.1. The first-order valence-electron chi connectivity index (χ1n) is 12.8. The SMILES string of the molecule is OS1(O)CCN(Cc2c(F)cc(-n3ccc4cnc(Nc5ccc(N6CCNCC6)nc5)nc43)cc2F)CC1. The summed E-state index contributed by atoms with van der Waals surface area (Å²) in [6, 6.07) is 8.26. The summed E-state index contributed by atoms with van der Waals surface area (Å²) in [6.07, 6.45) is 5.10. The van der Waals surface area contributed by atoms with Crippen molar-refractivity contribution in [1.82, 2.24) is 29.7 Å². The summed E-state index contributed by atoms with van der Waals surface area (Å²) in [5, 5.41) is 7.21. The summed E-state index contributed by atoms with van der Waals surface area (Å²) >= 11 is 0. The number of pyridine rings is 1. The minimum Gasteiger partial charge on any atom is -0.354 e. The Hall–Kier alpha value is -3.36. The standard InChI is InChI=1S/C26H30F2N8O2S/c27-22-13-20(14-23(28)21(22)17-34-9-11-39(37,38)12-10-34)36-6-3-18-15-31-26(33-25(18)36)32-19-1-2-24(30-16-19)35-7-4-29-5-8-35/h1-3,6,13-16,29,37-38H,4-5,7-12,17H2,(H,31,32,33). The van der Waals surface area contributed by atoms with Gasteiger partial charge < -0.3 is 20.1 Å². The van der Waals surface area contributed by atoms with Crippen LogP contribution >= 0.6 is 10.6 Å². The van der Waals surface area contributed by atoms with Gasteiger partial charge in [0.15, 0.2) is 0 Å². The molecule has 2 aliphatic rings. The quantitative estimate of drug-likeness (QED) is 0.281. The van der Waals surface area contributed by atoms with E-state index in [1.54, 1.807) is 29.2 Å². The Kier molecular flexibility index (Phi) is 7.08. The van der Waals surface area contributed by atoms with Gasteiger partial charge in [0.25, 0.3) is 0 Å². The van der Waals surface area contributed by atoms with Crippen LogP contribution in [0.3, 0.4) is 0 Å². The fraction of sp³-hybridized carbons (Fsp3) is 0.346. The highest BCUT2D eigenvalue weighted by Crippen LogP contribution is 2.40. The third kappa shape index (κ3) is 5.68. The van der Waals surface area contributed by atoms with Crippen LogP contribution in [0.1, 0.15) is 5.56 Å². The van der Waals surface area contributed by atoms with Crippen molar-refractivity contribution >= 4 is 39.1 Å². The summed E-state index contributed by atoms with van der Waals surface area (Å²) in [6.45, 7) is 4.51. The fourth-order valence-corrected chi connectivity index (χ4v) is 6.19. The van der Waals surface area contributed by atoms with Crippen molar-refractivity contribution in [3.8, 4) is 5.69 Å². The maximum atomic E-state index is 15.1. The van der Waals surface area contributed by atoms with Crippen LogP contribution in [0.5, 0.6) is 0 Å². The van der Waals surface area contributed by atoms with Crippen molar-refractivity contribution in [3.05, 3.63) is 66.1 Å². The maximum Gasteiger partial charge on any atom is 0.229 e. The molecule has 1 aromatic carbocycles. The average Bonchev–Trinajstić information content (AvgIpc) is 3.36. The molecule has 0 unspecified atom stereocenters. The van der Waals surface area contributed by atoms with E-state index in [-0.39, 0.29) is 23.6 Å². The topological polar surface area (TPSA) is 115 Å². The summed E-state index contributed by atoms with van der Waals surface area (Å²) < 4.78 is 51.4. The Morgan fingerprint density at radius 1 is 0.949 bits per heavy atom. The molecule has 39 heavy (non-hydrogen) atoms. The van der Waals surface area contributed by atoms with Gasteiger partial charge in [0.05, 0.1) is 29.1 Å². The zero-order chi connectivity index (χ0) is 27.0. The highest BCUT2D eigenvalue weighted by Gasteiger charge is 2.24. The number of fused-ring (bicyclic) bond motifs is 1. The molecular weight excluding hydrogens is 526 g/mol. The number of nitrogens with one attached hydrogen (secondary N) is 2. The second-order valence-electron chi connectivity index (χ2n) is 9.80. The highest BCUT2D eigenvalue weighted by molar-refractivity contribution is 8.24. The number of anilines is 3. The van der Waals surface area contributed by atoms with Crippen molar-refractivity contribution in [2.75, 3.05) is 61.0 Å². The molecule has 0 amide bonds. The van der Waals surface area contributed by atoms with Crippen LogP contribution in [-0.2, 0) is 6.54 Å². The van der Waals surface area contributed by atoms with Crippen molar-refractivity contribution in [2.45, 2.75) is 6.54 Å². The van der Waals surface area contributed by atoms with Crippen LogP contribution in [0.15, 0.2) is 48.9 Å². The van der Waals surface area contributed by atoms with Crippen LogP contribution in [0.4, 0.5) is 26.2 Å². The molecule has 0 aliphatic carbocycles. The van der Waals surface area contributed by atoms with Gasteiger partial charge in [-0.05, 0) is 30.3 Å². The Morgan fingerprint density at radius 2 is 1.69 bits per heavy atom. The molecule has 4 aromatic rings. The monoisotopic (exact) mass is 556 g/mol. The first kappa shape index (κ1) is 25.9. The Bertz CT molecular complexity index is 1440. The fourth-order valence-electron chi connectivity index (χ4n) is 4.88. The number of benzene rings is 1. The molecule has 10 nitrogen and oxygen atoms in total. The normalized spacial score (nSPS) is 18.8. The van der Waals surface area contributed by atoms with E-state index >= 15 is 8.78 Å². The van der Waals surface area contributed by atoms with E-state index in [4.69, 9.17) is 0 Å². The van der Waals surface area contributed by atoms with Crippen LogP contribution in [-0.4, -0.2) is 84.3 Å². The minimum atomic E-state index is -2.57. The van der Waals surface area contributed by atoms with Gasteiger partial charge in [-0.25, -0.2) is 18.7 Å². The Labute approximate surface area is 226 Å². The predicted molar refractivity (Wildman–Crippen MR) is 149 cm³/mol. The lowest BCUT2D eigenvalue weighted by Crippen LogP contribution is -2.43. The summed E-state index contributed by atoms with van der Waals surface area (Å²) in [7, 11) is -2.57. The van der Waals surface area contributed by atoms with Gasteiger partial charge in [-0.15, -0.1) is 0 Å². The smallest absolute Gasteiger partial charge is 0.229 e. The van der Waals surface area contributed by atoms with E-state index in [2.05, 4.69) is 30.5 Å². The van der Waals surface area contributed by atoms with Crippen LogP contribution in [0.2, 0.25) is 0 Å². The van der Waals surface area contributed by atoms with Crippen molar-refractivity contribution < 1.29 is 17.9 Å². The van der Waals surface area contributed by atoms with Gasteiger partial charge in [-0.3, -0.25) is 14.0 Å². The van der Waals surface area contributed by atoms with Crippen LogP contribution < -0.4 is 15.5 Å². The molecular formula is C26H30F2N8O2S. The molecule has 2 saturated heterocycles. The second kappa shape index (κ2) is 10.7. The van der Waals surface area contributed by atoms with Crippen molar-refractivity contribution in [1.29, 1.82) is 0 Å². The van der Waals surface area contributed by atoms with Gasteiger partial charge in [0.2, 0.25) is 5.95 Å². The molecule has 5 heterocycles. The Morgan fingerprint density at radius 3 is 2.38 bits per heavy atom. The highest BCUT2D eigenvalue weighted by atomic mass is 32.3. The van der Waals surface area contributed by atoms with E-state index in [1.807, 2.05) is 17.0 Å². The summed E-state index contributed by atoms with van der Waals surface area (Å²) in [5.74, 6) is 0.370. The number of halogens is 2. The average molecular weight is 557 g/mol. The summed E-state index contributed by atoms with van der Waals surface area (Å²) in [5.41, 5.74) is 1.50. The molecule has 206 valence electrons. The first-order valence-corrected chi connectivity index (χ1v) is 14.7. The molecule has 0 atom stereocenters. The zero-order valence-corrected chi connectivity index (χ0v) is 22.0. The third-order valence-electron chi connectivity index (χ3n) is 7.13. The zero-order valence-electron chi connectivity index (χ0n) is 21.2. The Balaban J connectivity index is 1.20. The molecule has 0 saturated carbocycles. The number of hydrogen-bond donors (Lipinski definition) is 4. The largest absolute Gasteiger partial charge is 0.354 e. The molecule has 0 bridgehead atoms. The van der Waals surface area contributed by atoms with E-state index in [0.717, 1.165) is 43.1 Å². The molecule has 2 fully saturated rings. The van der Waals surface area contributed by atoms with Crippen molar-refractivity contribution in [2.24, 2.45) is 0 Å². The molecule has 6 rings (SSSR count). The van der Waals surface area contributed by atoms with Gasteiger partial charge in [0.1, 0.15) is 23.1 Å². The number of piperazine rings is 1. The van der Waals surface area contributed by atoms with E-state index < -0.39 is 22.2 Å². The minimum absolute atomic E-state index is 0.0395. The van der Waals surface area contributed by atoms with Gasteiger partial charge in [0, 0.05) is 69.2 Å². The van der Waals surface area contributed by atoms with Crippen LogP contribution in [0.25, 0.3) is 16.7 Å². The van der Waals surface area contributed by atoms with Gasteiger partial charge in [-0.2, -0.15) is 15.6 Å². The lowest BCUT2D eigenvalue weighted by Gasteiger charge is -2.41. The van der Waals surface area contributed by atoms with E-state index in [9.17, 15) is 9.11 Å². The molecule has 13 heteroatoms. The van der Waals surface area contributed by atoms with Crippen LogP contribution in [0, 0.1) is 11.6 Å². The molecule has 0 spiro atoms. The van der Waals surface area contributed by atoms with E-state index in [1.165, 1.54) is 12.1 Å². The molecule has 2 aliphatic heterocycles. The number of hydrogen-bond acceptors (Lipinski definition) is 9. The number of aromatic nitrogens is 4. The third-order valence-corrected chi connectivity index (χ3v) is 8.80. The molecule has 4 N–H and O–H groups in total. The second-order valence-corrected chi connectivity index (χ2v) is 12.2. The van der Waals surface area contributed by atoms with E-state index in [0.29, 0.717) is 30.4 Å². The maximum absolute atomic E-state index is 15.1. The van der Waals surface area contributed by atoms with Gasteiger partial charge in [-0.1, -0.05) is 0 Å².